The van der Waals surface area contributed by atoms with Crippen LogP contribution < -0.4 is 5.73 Å². The first-order chi connectivity index (χ1) is 7.99. The minimum absolute atomic E-state index is 0.143. The van der Waals surface area contributed by atoms with Crippen molar-refractivity contribution in [3.63, 3.8) is 0 Å². The van der Waals surface area contributed by atoms with Gasteiger partial charge in [-0.05, 0) is 12.8 Å². The maximum absolute atomic E-state index is 12.2. The van der Waals surface area contributed by atoms with Gasteiger partial charge in [0.05, 0.1) is 18.2 Å². The number of nitrogens with zero attached hydrogens (tertiary/aromatic N) is 1. The van der Waals surface area contributed by atoms with Crippen molar-refractivity contribution in [3.8, 4) is 0 Å². The Bertz CT molecular complexity index is 254. The topological polar surface area (TPSA) is 85.0 Å². The molecule has 17 heavy (non-hydrogen) atoms. The average molecular weight is 246 g/mol. The first kappa shape index (κ1) is 14.4. The molecule has 100 valence electrons. The molecule has 1 saturated heterocycles. The minimum Gasteiger partial charge on any atom is -0.389 e. The molecule has 0 bridgehead atoms. The number of carbonyl (C=O) groups excluding carboxylic acids is 1. The Morgan fingerprint density at radius 3 is 2.71 bits per heavy atom. The molecule has 0 spiro atoms. The number of aliphatic hydroxyl groups excluding tert-OH is 1. The quantitative estimate of drug-likeness (QED) is 0.647. The van der Waals surface area contributed by atoms with E-state index in [2.05, 4.69) is 0 Å². The lowest BCUT2D eigenvalue weighted by molar-refractivity contribution is -0.140. The molecule has 1 aliphatic rings. The van der Waals surface area contributed by atoms with Crippen LogP contribution in [0, 0.1) is 0 Å². The van der Waals surface area contributed by atoms with E-state index in [1.54, 1.807) is 7.05 Å². The zero-order valence-electron chi connectivity index (χ0n) is 10.5. The number of methoxy groups -OCH3 is 1. The molecule has 0 aliphatic carbocycles. The SMILES string of the molecule is COCC(O)CN(C)C(=O)C1(N)CCOCC1. The van der Waals surface area contributed by atoms with Crippen LogP contribution >= 0.6 is 0 Å². The van der Waals surface area contributed by atoms with Gasteiger partial charge < -0.3 is 25.2 Å². The summed E-state index contributed by atoms with van der Waals surface area (Å²) >= 11 is 0. The van der Waals surface area contributed by atoms with Gasteiger partial charge in [0, 0.05) is 33.9 Å². The predicted octanol–water partition coefficient (Wildman–Crippen LogP) is -1.04. The third kappa shape index (κ3) is 3.92. The molecular formula is C11H22N2O4. The highest BCUT2D eigenvalue weighted by atomic mass is 16.5. The van der Waals surface area contributed by atoms with Crippen LogP contribution in [0.25, 0.3) is 0 Å². The molecule has 6 heteroatoms. The molecule has 6 nitrogen and oxygen atoms in total. The third-order valence-corrected chi connectivity index (χ3v) is 3.00. The van der Waals surface area contributed by atoms with Gasteiger partial charge >= 0.3 is 0 Å². The van der Waals surface area contributed by atoms with E-state index in [1.165, 1.54) is 12.0 Å². The second-order valence-corrected chi connectivity index (χ2v) is 4.56. The van der Waals surface area contributed by atoms with Gasteiger partial charge in [-0.25, -0.2) is 0 Å². The average Bonchev–Trinajstić information content (AvgIpc) is 2.29. The van der Waals surface area contributed by atoms with Crippen molar-refractivity contribution in [2.45, 2.75) is 24.5 Å². The van der Waals surface area contributed by atoms with Crippen LogP contribution in [0.2, 0.25) is 0 Å². The van der Waals surface area contributed by atoms with Crippen molar-refractivity contribution in [1.82, 2.24) is 4.90 Å². The monoisotopic (exact) mass is 246 g/mol. The van der Waals surface area contributed by atoms with Crippen molar-refractivity contribution in [2.24, 2.45) is 5.73 Å². The smallest absolute Gasteiger partial charge is 0.242 e. The second kappa shape index (κ2) is 6.30. The van der Waals surface area contributed by atoms with Gasteiger partial charge in [-0.2, -0.15) is 0 Å². The van der Waals surface area contributed by atoms with Gasteiger partial charge in [-0.3, -0.25) is 4.79 Å². The number of rotatable bonds is 5. The van der Waals surface area contributed by atoms with Crippen LogP contribution in [-0.2, 0) is 14.3 Å². The molecule has 1 unspecified atom stereocenters. The van der Waals surface area contributed by atoms with Gasteiger partial charge in [0.15, 0.2) is 0 Å². The third-order valence-electron chi connectivity index (χ3n) is 3.00. The lowest BCUT2D eigenvalue weighted by Gasteiger charge is -2.35. The molecule has 1 rings (SSSR count). The Kier molecular flexibility index (Phi) is 5.32. The van der Waals surface area contributed by atoms with Crippen LogP contribution in [0.1, 0.15) is 12.8 Å². The summed E-state index contributed by atoms with van der Waals surface area (Å²) in [5.41, 5.74) is 5.22. The van der Waals surface area contributed by atoms with E-state index in [9.17, 15) is 9.90 Å². The van der Waals surface area contributed by atoms with Gasteiger partial charge in [0.25, 0.3) is 0 Å². The van der Waals surface area contributed by atoms with Crippen LogP contribution in [0.4, 0.5) is 0 Å². The van der Waals surface area contributed by atoms with Crippen LogP contribution in [0.15, 0.2) is 0 Å². The highest BCUT2D eigenvalue weighted by Gasteiger charge is 2.38. The normalized spacial score (nSPS) is 20.9. The Morgan fingerprint density at radius 1 is 1.59 bits per heavy atom. The van der Waals surface area contributed by atoms with Crippen LogP contribution in [-0.4, -0.2) is 68.1 Å². The fourth-order valence-electron chi connectivity index (χ4n) is 1.97. The van der Waals surface area contributed by atoms with Gasteiger partial charge in [-0.15, -0.1) is 0 Å². The van der Waals surface area contributed by atoms with Crippen molar-refractivity contribution >= 4 is 5.91 Å². The summed E-state index contributed by atoms with van der Waals surface area (Å²) in [7, 11) is 3.15. The Morgan fingerprint density at radius 2 is 2.18 bits per heavy atom. The molecule has 0 aromatic heterocycles. The van der Waals surface area contributed by atoms with E-state index in [0.717, 1.165) is 0 Å². The summed E-state index contributed by atoms with van der Waals surface area (Å²) in [4.78, 5) is 13.6. The van der Waals surface area contributed by atoms with E-state index in [1.807, 2.05) is 0 Å². The molecule has 1 aliphatic heterocycles. The Hall–Kier alpha value is -0.690. The Balaban J connectivity index is 2.50. The van der Waals surface area contributed by atoms with Crippen molar-refractivity contribution < 1.29 is 19.4 Å². The van der Waals surface area contributed by atoms with E-state index in [-0.39, 0.29) is 19.1 Å². The molecule has 1 fully saturated rings. The second-order valence-electron chi connectivity index (χ2n) is 4.56. The van der Waals surface area contributed by atoms with Crippen molar-refractivity contribution in [2.75, 3.05) is 40.5 Å². The lowest BCUT2D eigenvalue weighted by Crippen LogP contribution is -2.58. The molecule has 0 radical (unpaired) electrons. The predicted molar refractivity (Wildman–Crippen MR) is 62.5 cm³/mol. The van der Waals surface area contributed by atoms with E-state index in [0.29, 0.717) is 26.1 Å². The number of amides is 1. The molecule has 1 atom stereocenters. The molecule has 3 N–H and O–H groups in total. The van der Waals surface area contributed by atoms with E-state index >= 15 is 0 Å². The molecular weight excluding hydrogens is 224 g/mol. The maximum atomic E-state index is 12.2. The maximum Gasteiger partial charge on any atom is 0.242 e. The highest BCUT2D eigenvalue weighted by molar-refractivity contribution is 5.86. The number of carbonyl (C=O) groups is 1. The fourth-order valence-corrected chi connectivity index (χ4v) is 1.97. The molecule has 0 aromatic rings. The van der Waals surface area contributed by atoms with Gasteiger partial charge in [-0.1, -0.05) is 0 Å². The molecule has 1 heterocycles. The zero-order valence-corrected chi connectivity index (χ0v) is 10.5. The first-order valence-electron chi connectivity index (χ1n) is 5.79. The minimum atomic E-state index is -0.847. The van der Waals surface area contributed by atoms with E-state index in [4.69, 9.17) is 15.2 Å². The lowest BCUT2D eigenvalue weighted by atomic mass is 9.90. The summed E-state index contributed by atoms with van der Waals surface area (Å²) in [6, 6.07) is 0. The van der Waals surface area contributed by atoms with E-state index < -0.39 is 11.6 Å². The summed E-state index contributed by atoms with van der Waals surface area (Å²) in [6.07, 6.45) is 0.366. The number of hydrogen-bond acceptors (Lipinski definition) is 5. The number of aliphatic hydroxyl groups is 1. The molecule has 1 amide bonds. The number of ether oxygens (including phenoxy) is 2. The van der Waals surface area contributed by atoms with Gasteiger partial charge in [0.2, 0.25) is 5.91 Å². The first-order valence-corrected chi connectivity index (χ1v) is 5.79. The van der Waals surface area contributed by atoms with Crippen molar-refractivity contribution in [3.05, 3.63) is 0 Å². The molecule has 0 aromatic carbocycles. The number of hydrogen-bond donors (Lipinski definition) is 2. The number of nitrogens with two attached hydrogens (primary N) is 1. The fraction of sp³-hybridized carbons (Fsp3) is 0.909. The van der Waals surface area contributed by atoms with Crippen LogP contribution in [0.5, 0.6) is 0 Å². The summed E-state index contributed by atoms with van der Waals surface area (Å²) in [5.74, 6) is -0.143. The summed E-state index contributed by atoms with van der Waals surface area (Å²) in [5, 5.41) is 9.57. The van der Waals surface area contributed by atoms with Gasteiger partial charge in [0.1, 0.15) is 0 Å². The Labute approximate surface area is 102 Å². The zero-order chi connectivity index (χ0) is 12.9. The number of likely N-dealkylation sites (N-methyl/N-ethyl adjacent to an activating group) is 1. The largest absolute Gasteiger partial charge is 0.389 e. The van der Waals surface area contributed by atoms with Crippen molar-refractivity contribution in [1.29, 1.82) is 0 Å². The summed E-state index contributed by atoms with van der Waals surface area (Å²) in [6.45, 7) is 1.46. The summed E-state index contributed by atoms with van der Waals surface area (Å²) < 4.78 is 10.0. The standard InChI is InChI=1S/C11H22N2O4/c1-13(7-9(14)8-16-2)10(15)11(12)3-5-17-6-4-11/h9,14H,3-8,12H2,1-2H3. The highest BCUT2D eigenvalue weighted by Crippen LogP contribution is 2.20. The molecule has 0 saturated carbocycles. The van der Waals surface area contributed by atoms with Crippen LogP contribution in [0.3, 0.4) is 0 Å².